The van der Waals surface area contributed by atoms with Crippen molar-refractivity contribution in [1.82, 2.24) is 4.98 Å². The number of allylic oxidation sites excluding steroid dienone is 1. The number of aromatic amines is 1. The average Bonchev–Trinajstić information content (AvgIpc) is 3.06. The van der Waals surface area contributed by atoms with E-state index < -0.39 is 5.97 Å². The van der Waals surface area contributed by atoms with Crippen LogP contribution in [0.5, 0.6) is 0 Å². The first-order chi connectivity index (χ1) is 8.66. The van der Waals surface area contributed by atoms with Crippen LogP contribution in [0.25, 0.3) is 16.5 Å². The van der Waals surface area contributed by atoms with Gasteiger partial charge in [-0.15, -0.1) is 0 Å². The zero-order chi connectivity index (χ0) is 12.7. The number of nitrogens with one attached hydrogen (secondary N) is 1. The van der Waals surface area contributed by atoms with Gasteiger partial charge in [-0.05, 0) is 36.8 Å². The highest BCUT2D eigenvalue weighted by atomic mass is 16.4. The van der Waals surface area contributed by atoms with Crippen LogP contribution in [0.2, 0.25) is 0 Å². The van der Waals surface area contributed by atoms with Crippen LogP contribution in [0.1, 0.15) is 24.0 Å². The third kappa shape index (κ3) is 1.82. The minimum Gasteiger partial charge on any atom is -0.478 e. The van der Waals surface area contributed by atoms with Gasteiger partial charge in [0.15, 0.2) is 0 Å². The molecule has 1 aliphatic rings. The minimum absolute atomic E-state index is 0.417. The summed E-state index contributed by atoms with van der Waals surface area (Å²) in [4.78, 5) is 14.2. The smallest absolute Gasteiger partial charge is 0.328 e. The summed E-state index contributed by atoms with van der Waals surface area (Å²) in [6.45, 7) is 2.06. The third-order valence-electron chi connectivity index (χ3n) is 3.53. The van der Waals surface area contributed by atoms with Gasteiger partial charge >= 0.3 is 5.97 Å². The summed E-state index contributed by atoms with van der Waals surface area (Å²) in [5.41, 5.74) is 4.28. The molecule has 0 saturated heterocycles. The minimum atomic E-state index is -0.862. The molecule has 0 aliphatic heterocycles. The topological polar surface area (TPSA) is 53.1 Å². The van der Waals surface area contributed by atoms with E-state index in [9.17, 15) is 4.79 Å². The van der Waals surface area contributed by atoms with Crippen LogP contribution in [-0.4, -0.2) is 16.1 Å². The van der Waals surface area contributed by atoms with Crippen molar-refractivity contribution in [3.05, 3.63) is 41.6 Å². The number of para-hydroxylation sites is 1. The van der Waals surface area contributed by atoms with Gasteiger partial charge in [-0.2, -0.15) is 0 Å². The van der Waals surface area contributed by atoms with Gasteiger partial charge < -0.3 is 10.1 Å². The van der Waals surface area contributed by atoms with E-state index in [1.165, 1.54) is 11.6 Å². The Kier molecular flexibility index (Phi) is 2.47. The predicted molar refractivity (Wildman–Crippen MR) is 71.4 cm³/mol. The maximum atomic E-state index is 11.0. The van der Waals surface area contributed by atoms with Crippen LogP contribution >= 0.6 is 0 Å². The van der Waals surface area contributed by atoms with Crippen molar-refractivity contribution in [3.8, 4) is 0 Å². The van der Waals surface area contributed by atoms with E-state index in [1.807, 2.05) is 18.3 Å². The van der Waals surface area contributed by atoms with Crippen molar-refractivity contribution in [3.63, 3.8) is 0 Å². The molecule has 92 valence electrons. The summed E-state index contributed by atoms with van der Waals surface area (Å²) in [6.07, 6.45) is 5.49. The lowest BCUT2D eigenvalue weighted by Gasteiger charge is -2.04. The van der Waals surface area contributed by atoms with E-state index in [2.05, 4.69) is 18.0 Å². The molecule has 1 fully saturated rings. The first-order valence-electron chi connectivity index (χ1n) is 6.18. The number of carboxylic acid groups (broad SMARTS) is 1. The number of carbonyl (C=O) groups is 1. The van der Waals surface area contributed by atoms with Gasteiger partial charge in [-0.1, -0.05) is 18.2 Å². The average molecular weight is 241 g/mol. The maximum absolute atomic E-state index is 11.0. The molecule has 0 amide bonds. The van der Waals surface area contributed by atoms with E-state index >= 15 is 0 Å². The molecule has 3 heteroatoms. The molecule has 18 heavy (non-hydrogen) atoms. The third-order valence-corrected chi connectivity index (χ3v) is 3.53. The number of H-pyrrole nitrogens is 1. The highest BCUT2D eigenvalue weighted by Gasteiger charge is 2.29. The zero-order valence-corrected chi connectivity index (χ0v) is 10.2. The van der Waals surface area contributed by atoms with Crippen molar-refractivity contribution in [2.24, 2.45) is 5.92 Å². The van der Waals surface area contributed by atoms with E-state index in [-0.39, 0.29) is 0 Å². The molecule has 0 atom stereocenters. The summed E-state index contributed by atoms with van der Waals surface area (Å²) >= 11 is 0. The molecule has 1 aromatic heterocycles. The van der Waals surface area contributed by atoms with E-state index in [0.29, 0.717) is 5.92 Å². The highest BCUT2D eigenvalue weighted by molar-refractivity contribution is 5.99. The lowest BCUT2D eigenvalue weighted by molar-refractivity contribution is -0.131. The molecular formula is C15H15NO2. The maximum Gasteiger partial charge on any atom is 0.328 e. The Morgan fingerprint density at radius 2 is 2.22 bits per heavy atom. The Bertz CT molecular complexity index is 648. The lowest BCUT2D eigenvalue weighted by Crippen LogP contribution is -1.93. The van der Waals surface area contributed by atoms with Crippen molar-refractivity contribution < 1.29 is 9.90 Å². The van der Waals surface area contributed by atoms with Gasteiger partial charge in [-0.25, -0.2) is 4.79 Å². The molecule has 1 aromatic carbocycles. The fourth-order valence-electron chi connectivity index (χ4n) is 2.49. The lowest BCUT2D eigenvalue weighted by atomic mass is 9.99. The van der Waals surface area contributed by atoms with Gasteiger partial charge in [0.05, 0.1) is 0 Å². The van der Waals surface area contributed by atoms with Crippen LogP contribution in [-0.2, 0) is 4.79 Å². The molecule has 2 N–H and O–H groups in total. The fraction of sp³-hybridized carbons (Fsp3) is 0.267. The Morgan fingerprint density at radius 1 is 1.44 bits per heavy atom. The van der Waals surface area contributed by atoms with Gasteiger partial charge in [0.25, 0.3) is 0 Å². The molecular weight excluding hydrogens is 226 g/mol. The molecule has 1 heterocycles. The second-order valence-electron chi connectivity index (χ2n) is 4.91. The standard InChI is InChI=1S/C15H15NO2/c1-9-3-2-4-11-13(8-16-15(9)11)12(7-14(17)18)10-5-6-10/h2-4,7-8,10,16H,5-6H2,1H3,(H,17,18)/b12-7+. The van der Waals surface area contributed by atoms with Crippen molar-refractivity contribution in [1.29, 1.82) is 0 Å². The number of benzene rings is 1. The van der Waals surface area contributed by atoms with Gasteiger partial charge in [-0.3, -0.25) is 0 Å². The van der Waals surface area contributed by atoms with E-state index in [0.717, 1.165) is 34.9 Å². The molecule has 0 unspecified atom stereocenters. The summed E-state index contributed by atoms with van der Waals surface area (Å²) in [6, 6.07) is 6.12. The molecule has 2 aromatic rings. The molecule has 1 aliphatic carbocycles. The second-order valence-corrected chi connectivity index (χ2v) is 4.91. The zero-order valence-electron chi connectivity index (χ0n) is 10.2. The molecule has 1 saturated carbocycles. The van der Waals surface area contributed by atoms with Crippen LogP contribution in [0.4, 0.5) is 0 Å². The highest BCUT2D eigenvalue weighted by Crippen LogP contribution is 2.43. The molecule has 0 radical (unpaired) electrons. The van der Waals surface area contributed by atoms with Crippen LogP contribution in [0, 0.1) is 12.8 Å². The fourth-order valence-corrected chi connectivity index (χ4v) is 2.49. The monoisotopic (exact) mass is 241 g/mol. The Morgan fingerprint density at radius 3 is 2.89 bits per heavy atom. The van der Waals surface area contributed by atoms with E-state index in [4.69, 9.17) is 5.11 Å². The Balaban J connectivity index is 2.18. The Labute approximate surface area is 105 Å². The van der Waals surface area contributed by atoms with Gasteiger partial charge in [0, 0.05) is 28.7 Å². The number of carboxylic acids is 1. The van der Waals surface area contributed by atoms with Crippen LogP contribution in [0.15, 0.2) is 30.5 Å². The first kappa shape index (κ1) is 11.1. The number of aryl methyl sites for hydroxylation is 1. The van der Waals surface area contributed by atoms with Crippen molar-refractivity contribution in [2.45, 2.75) is 19.8 Å². The van der Waals surface area contributed by atoms with Crippen LogP contribution < -0.4 is 0 Å². The summed E-state index contributed by atoms with van der Waals surface area (Å²) in [5.74, 6) is -0.445. The Hall–Kier alpha value is -2.03. The largest absolute Gasteiger partial charge is 0.478 e. The number of rotatable bonds is 3. The summed E-state index contributed by atoms with van der Waals surface area (Å²) < 4.78 is 0. The van der Waals surface area contributed by atoms with Crippen LogP contribution in [0.3, 0.4) is 0 Å². The molecule has 3 rings (SSSR count). The number of hydrogen-bond donors (Lipinski definition) is 2. The van der Waals surface area contributed by atoms with Crippen molar-refractivity contribution >= 4 is 22.4 Å². The van der Waals surface area contributed by atoms with Crippen molar-refractivity contribution in [2.75, 3.05) is 0 Å². The molecule has 0 spiro atoms. The first-order valence-corrected chi connectivity index (χ1v) is 6.18. The van der Waals surface area contributed by atoms with E-state index in [1.54, 1.807) is 0 Å². The van der Waals surface area contributed by atoms with Gasteiger partial charge in [0.1, 0.15) is 0 Å². The molecule has 0 bridgehead atoms. The second kappa shape index (κ2) is 4.02. The van der Waals surface area contributed by atoms with Gasteiger partial charge in [0.2, 0.25) is 0 Å². The summed E-state index contributed by atoms with van der Waals surface area (Å²) in [7, 11) is 0. The summed E-state index contributed by atoms with van der Waals surface area (Å²) in [5, 5.41) is 10.1. The normalized spacial score (nSPS) is 16.2. The number of aliphatic carboxylic acids is 1. The number of fused-ring (bicyclic) bond motifs is 1. The molecule has 3 nitrogen and oxygen atoms in total. The SMILES string of the molecule is Cc1cccc2c(/C(=C/C(=O)O)C3CC3)c[nH]c12. The number of aromatic nitrogens is 1. The number of hydrogen-bond acceptors (Lipinski definition) is 1. The predicted octanol–water partition coefficient (Wildman–Crippen LogP) is 3.35. The quantitative estimate of drug-likeness (QED) is 0.809.